The van der Waals surface area contributed by atoms with E-state index in [0.29, 0.717) is 12.8 Å². The van der Waals surface area contributed by atoms with Crippen molar-refractivity contribution >= 4 is 11.8 Å². The normalized spacial score (nSPS) is 15.6. The maximum Gasteiger partial charge on any atom is 0.224 e. The van der Waals surface area contributed by atoms with Crippen LogP contribution in [0.15, 0.2) is 24.3 Å². The Morgan fingerprint density at radius 2 is 1.82 bits per heavy atom. The van der Waals surface area contributed by atoms with Gasteiger partial charge in [0.1, 0.15) is 0 Å². The molecular formula is C18H26N2O2. The molecule has 1 aliphatic rings. The number of likely N-dealkylation sites (tertiary alicyclic amines) is 1. The number of carbonyl (C=O) groups excluding carboxylic acids is 2. The minimum atomic E-state index is 0.0715. The second-order valence-corrected chi connectivity index (χ2v) is 6.13. The first-order valence-corrected chi connectivity index (χ1v) is 8.21. The van der Waals surface area contributed by atoms with Gasteiger partial charge in [-0.2, -0.15) is 0 Å². The van der Waals surface area contributed by atoms with Gasteiger partial charge >= 0.3 is 0 Å². The van der Waals surface area contributed by atoms with Gasteiger partial charge in [-0.3, -0.25) is 9.59 Å². The molecular weight excluding hydrogens is 276 g/mol. The lowest BCUT2D eigenvalue weighted by Crippen LogP contribution is -2.46. The van der Waals surface area contributed by atoms with Crippen LogP contribution < -0.4 is 5.32 Å². The van der Waals surface area contributed by atoms with Crippen molar-refractivity contribution in [1.29, 1.82) is 0 Å². The molecule has 0 unspecified atom stereocenters. The van der Waals surface area contributed by atoms with Gasteiger partial charge in [0.25, 0.3) is 0 Å². The highest BCUT2D eigenvalue weighted by atomic mass is 16.2. The average molecular weight is 302 g/mol. The molecule has 2 amide bonds. The molecule has 120 valence electrons. The fourth-order valence-electron chi connectivity index (χ4n) is 2.82. The molecule has 1 aromatic carbocycles. The van der Waals surface area contributed by atoms with Crippen LogP contribution in [0.3, 0.4) is 0 Å². The summed E-state index contributed by atoms with van der Waals surface area (Å²) in [6.07, 6.45) is 3.66. The number of benzene rings is 1. The van der Waals surface area contributed by atoms with Crippen molar-refractivity contribution < 1.29 is 9.59 Å². The number of hydrogen-bond acceptors (Lipinski definition) is 2. The summed E-state index contributed by atoms with van der Waals surface area (Å²) in [7, 11) is 0. The maximum atomic E-state index is 12.1. The van der Waals surface area contributed by atoms with Gasteiger partial charge in [0, 0.05) is 25.6 Å². The van der Waals surface area contributed by atoms with Gasteiger partial charge in [0.05, 0.1) is 6.42 Å². The molecule has 0 saturated carbocycles. The van der Waals surface area contributed by atoms with E-state index in [-0.39, 0.29) is 17.9 Å². The second-order valence-electron chi connectivity index (χ2n) is 6.13. The summed E-state index contributed by atoms with van der Waals surface area (Å²) >= 11 is 0. The maximum absolute atomic E-state index is 12.1. The fourth-order valence-corrected chi connectivity index (χ4v) is 2.82. The fraction of sp³-hybridized carbons (Fsp3) is 0.556. The molecule has 1 fully saturated rings. The van der Waals surface area contributed by atoms with E-state index in [4.69, 9.17) is 0 Å². The van der Waals surface area contributed by atoms with Gasteiger partial charge in [-0.25, -0.2) is 0 Å². The average Bonchev–Trinajstić information content (AvgIpc) is 2.50. The van der Waals surface area contributed by atoms with Gasteiger partial charge in [0.2, 0.25) is 11.8 Å². The third kappa shape index (κ3) is 4.86. The Morgan fingerprint density at radius 1 is 1.18 bits per heavy atom. The number of carbonyl (C=O) groups is 2. The SMILES string of the molecule is CCCC(=O)N1CCC(NC(=O)Cc2ccc(C)cc2)CC1. The molecule has 0 atom stereocenters. The third-order valence-corrected chi connectivity index (χ3v) is 4.16. The van der Waals surface area contributed by atoms with Crippen LogP contribution in [-0.4, -0.2) is 35.8 Å². The predicted molar refractivity (Wildman–Crippen MR) is 87.5 cm³/mol. The Labute approximate surface area is 132 Å². The second kappa shape index (κ2) is 7.97. The standard InChI is InChI=1S/C18H26N2O2/c1-3-4-18(22)20-11-9-16(10-12-20)19-17(21)13-15-7-5-14(2)6-8-15/h5-8,16H,3-4,9-13H2,1-2H3,(H,19,21). The van der Waals surface area contributed by atoms with Crippen LogP contribution in [0.1, 0.15) is 43.7 Å². The summed E-state index contributed by atoms with van der Waals surface area (Å²) in [5.74, 6) is 0.314. The van der Waals surface area contributed by atoms with E-state index < -0.39 is 0 Å². The summed E-state index contributed by atoms with van der Waals surface area (Å²) < 4.78 is 0. The Bertz CT molecular complexity index is 502. The smallest absolute Gasteiger partial charge is 0.224 e. The lowest BCUT2D eigenvalue weighted by Gasteiger charge is -2.32. The lowest BCUT2D eigenvalue weighted by atomic mass is 10.0. The van der Waals surface area contributed by atoms with Gasteiger partial charge < -0.3 is 10.2 Å². The van der Waals surface area contributed by atoms with Crippen LogP contribution in [0.4, 0.5) is 0 Å². The Balaban J connectivity index is 1.74. The molecule has 1 heterocycles. The molecule has 22 heavy (non-hydrogen) atoms. The number of nitrogens with one attached hydrogen (secondary N) is 1. The van der Waals surface area contributed by atoms with E-state index in [9.17, 15) is 9.59 Å². The predicted octanol–water partition coefficient (Wildman–Crippen LogP) is 2.44. The van der Waals surface area contributed by atoms with Crippen molar-refractivity contribution in [3.05, 3.63) is 35.4 Å². The molecule has 2 rings (SSSR count). The van der Waals surface area contributed by atoms with E-state index in [2.05, 4.69) is 5.32 Å². The van der Waals surface area contributed by atoms with Gasteiger partial charge in [-0.05, 0) is 31.7 Å². The minimum Gasteiger partial charge on any atom is -0.353 e. The summed E-state index contributed by atoms with van der Waals surface area (Å²) in [6, 6.07) is 8.26. The van der Waals surface area contributed by atoms with E-state index in [1.165, 1.54) is 5.56 Å². The van der Waals surface area contributed by atoms with Gasteiger partial charge in [-0.1, -0.05) is 36.8 Å². The number of rotatable bonds is 5. The molecule has 0 bridgehead atoms. The van der Waals surface area contributed by atoms with Crippen LogP contribution in [0.5, 0.6) is 0 Å². The van der Waals surface area contributed by atoms with E-state index >= 15 is 0 Å². The summed E-state index contributed by atoms with van der Waals surface area (Å²) in [4.78, 5) is 25.8. The first-order chi connectivity index (χ1) is 10.6. The van der Waals surface area contributed by atoms with Crippen molar-refractivity contribution in [2.24, 2.45) is 0 Å². The van der Waals surface area contributed by atoms with Crippen molar-refractivity contribution in [3.63, 3.8) is 0 Å². The topological polar surface area (TPSA) is 49.4 Å². The summed E-state index contributed by atoms with van der Waals surface area (Å²) in [6.45, 7) is 5.58. The van der Waals surface area contributed by atoms with Crippen LogP contribution >= 0.6 is 0 Å². The summed E-state index contributed by atoms with van der Waals surface area (Å²) in [5.41, 5.74) is 2.24. The zero-order chi connectivity index (χ0) is 15.9. The Morgan fingerprint density at radius 3 is 2.41 bits per heavy atom. The van der Waals surface area contributed by atoms with E-state index in [0.717, 1.165) is 37.9 Å². The van der Waals surface area contributed by atoms with Gasteiger partial charge in [-0.15, -0.1) is 0 Å². The highest BCUT2D eigenvalue weighted by Gasteiger charge is 2.23. The van der Waals surface area contributed by atoms with Crippen molar-refractivity contribution in [2.45, 2.75) is 52.0 Å². The zero-order valence-corrected chi connectivity index (χ0v) is 13.6. The van der Waals surface area contributed by atoms with Crippen LogP contribution in [0.25, 0.3) is 0 Å². The summed E-state index contributed by atoms with van der Waals surface area (Å²) in [5, 5.41) is 3.10. The number of amides is 2. The molecule has 0 aromatic heterocycles. The number of aryl methyl sites for hydroxylation is 1. The van der Waals surface area contributed by atoms with Crippen molar-refractivity contribution in [2.75, 3.05) is 13.1 Å². The number of nitrogens with zero attached hydrogens (tertiary/aromatic N) is 1. The highest BCUT2D eigenvalue weighted by Crippen LogP contribution is 2.12. The molecule has 1 N–H and O–H groups in total. The quantitative estimate of drug-likeness (QED) is 0.908. The lowest BCUT2D eigenvalue weighted by molar-refractivity contribution is -0.132. The monoisotopic (exact) mass is 302 g/mol. The number of hydrogen-bond donors (Lipinski definition) is 1. The Kier molecular flexibility index (Phi) is 5.99. The van der Waals surface area contributed by atoms with E-state index in [1.54, 1.807) is 0 Å². The molecule has 4 nitrogen and oxygen atoms in total. The minimum absolute atomic E-state index is 0.0715. The van der Waals surface area contributed by atoms with Crippen molar-refractivity contribution in [1.82, 2.24) is 10.2 Å². The molecule has 0 spiro atoms. The number of piperidine rings is 1. The Hall–Kier alpha value is -1.84. The highest BCUT2D eigenvalue weighted by molar-refractivity contribution is 5.79. The molecule has 0 aliphatic carbocycles. The van der Waals surface area contributed by atoms with Crippen LogP contribution in [-0.2, 0) is 16.0 Å². The molecule has 0 radical (unpaired) electrons. The van der Waals surface area contributed by atoms with E-state index in [1.807, 2.05) is 43.0 Å². The molecule has 4 heteroatoms. The van der Waals surface area contributed by atoms with Crippen molar-refractivity contribution in [3.8, 4) is 0 Å². The third-order valence-electron chi connectivity index (χ3n) is 4.16. The first-order valence-electron chi connectivity index (χ1n) is 8.21. The van der Waals surface area contributed by atoms with Gasteiger partial charge in [0.15, 0.2) is 0 Å². The molecule has 1 aromatic rings. The molecule has 1 saturated heterocycles. The first kappa shape index (κ1) is 16.5. The van der Waals surface area contributed by atoms with Crippen LogP contribution in [0.2, 0.25) is 0 Å². The molecule has 1 aliphatic heterocycles. The largest absolute Gasteiger partial charge is 0.353 e. The van der Waals surface area contributed by atoms with Crippen LogP contribution in [0, 0.1) is 6.92 Å². The zero-order valence-electron chi connectivity index (χ0n) is 13.6.